The molecule has 2 amide bonds. The fraction of sp³-hybridized carbons (Fsp3) is 0.450. The lowest BCUT2D eigenvalue weighted by molar-refractivity contribution is -0.119. The van der Waals surface area contributed by atoms with E-state index in [0.29, 0.717) is 5.69 Å². The molecule has 3 rings (SSSR count). The zero-order valence-electron chi connectivity index (χ0n) is 15.4. The smallest absolute Gasteiger partial charge is 0.270 e. The van der Waals surface area contributed by atoms with Crippen LogP contribution in [0.1, 0.15) is 48.2 Å². The van der Waals surface area contributed by atoms with E-state index < -0.39 is 6.04 Å². The second-order valence-corrected chi connectivity index (χ2v) is 7.04. The van der Waals surface area contributed by atoms with Crippen molar-refractivity contribution in [2.75, 3.05) is 5.32 Å². The normalized spacial score (nSPS) is 16.1. The first-order valence-corrected chi connectivity index (χ1v) is 9.21. The minimum absolute atomic E-state index is 0.156. The number of aromatic nitrogens is 2. The molecule has 6 heteroatoms. The second kappa shape index (κ2) is 8.17. The molecule has 0 spiro atoms. The molecule has 1 saturated carbocycles. The molecule has 0 radical (unpaired) electrons. The van der Waals surface area contributed by atoms with Crippen molar-refractivity contribution in [2.45, 2.75) is 45.1 Å². The summed E-state index contributed by atoms with van der Waals surface area (Å²) in [5.41, 5.74) is 2.33. The summed E-state index contributed by atoms with van der Waals surface area (Å²) in [6.07, 6.45) is 6.88. The molecular formula is C20H26N4O2. The van der Waals surface area contributed by atoms with Crippen molar-refractivity contribution < 1.29 is 9.59 Å². The van der Waals surface area contributed by atoms with Gasteiger partial charge in [0.05, 0.1) is 0 Å². The van der Waals surface area contributed by atoms with Crippen molar-refractivity contribution >= 4 is 17.5 Å². The molecule has 1 unspecified atom stereocenters. The van der Waals surface area contributed by atoms with Gasteiger partial charge < -0.3 is 10.6 Å². The Morgan fingerprint density at radius 1 is 1.12 bits per heavy atom. The summed E-state index contributed by atoms with van der Waals surface area (Å²) >= 11 is 0. The van der Waals surface area contributed by atoms with Crippen LogP contribution in [0.4, 0.5) is 5.69 Å². The highest BCUT2D eigenvalue weighted by molar-refractivity contribution is 6.00. The van der Waals surface area contributed by atoms with Crippen LogP contribution < -0.4 is 10.6 Å². The number of hydrogen-bond acceptors (Lipinski definition) is 3. The number of aryl methyl sites for hydroxylation is 2. The Morgan fingerprint density at radius 2 is 1.81 bits per heavy atom. The van der Waals surface area contributed by atoms with Gasteiger partial charge in [-0.15, -0.1) is 0 Å². The predicted octanol–water partition coefficient (Wildman–Crippen LogP) is 3.05. The van der Waals surface area contributed by atoms with Crippen LogP contribution in [0.25, 0.3) is 0 Å². The van der Waals surface area contributed by atoms with Crippen molar-refractivity contribution in [1.29, 1.82) is 0 Å². The van der Waals surface area contributed by atoms with Crippen molar-refractivity contribution in [3.05, 3.63) is 47.8 Å². The van der Waals surface area contributed by atoms with E-state index in [9.17, 15) is 9.59 Å². The minimum Gasteiger partial charge on any atom is -0.339 e. The summed E-state index contributed by atoms with van der Waals surface area (Å²) in [7, 11) is 1.72. The summed E-state index contributed by atoms with van der Waals surface area (Å²) in [6, 6.07) is 8.80. The molecule has 1 aliphatic rings. The van der Waals surface area contributed by atoms with Gasteiger partial charge >= 0.3 is 0 Å². The summed E-state index contributed by atoms with van der Waals surface area (Å²) in [4.78, 5) is 25.6. The van der Waals surface area contributed by atoms with Crippen molar-refractivity contribution in [3.63, 3.8) is 0 Å². The third-order valence-electron chi connectivity index (χ3n) is 5.06. The quantitative estimate of drug-likeness (QED) is 0.866. The van der Waals surface area contributed by atoms with E-state index in [2.05, 4.69) is 15.7 Å². The number of carbonyl (C=O) groups excluding carboxylic acids is 2. The van der Waals surface area contributed by atoms with Gasteiger partial charge in [-0.2, -0.15) is 5.10 Å². The van der Waals surface area contributed by atoms with Gasteiger partial charge in [-0.3, -0.25) is 14.3 Å². The van der Waals surface area contributed by atoms with Gasteiger partial charge in [0.15, 0.2) is 0 Å². The molecular weight excluding hydrogens is 328 g/mol. The molecule has 0 bridgehead atoms. The first kappa shape index (κ1) is 18.2. The molecule has 1 heterocycles. The lowest BCUT2D eigenvalue weighted by Crippen LogP contribution is -2.49. The lowest BCUT2D eigenvalue weighted by Gasteiger charge is -2.30. The number of hydrogen-bond donors (Lipinski definition) is 2. The molecule has 0 saturated heterocycles. The maximum absolute atomic E-state index is 12.9. The largest absolute Gasteiger partial charge is 0.339 e. The number of anilines is 1. The molecule has 138 valence electrons. The van der Waals surface area contributed by atoms with Crippen LogP contribution in [-0.2, 0) is 11.8 Å². The van der Waals surface area contributed by atoms with E-state index in [0.717, 1.165) is 36.9 Å². The third kappa shape index (κ3) is 4.31. The number of nitrogens with zero attached hydrogens (tertiary/aromatic N) is 2. The van der Waals surface area contributed by atoms with Crippen molar-refractivity contribution in [2.24, 2.45) is 13.0 Å². The molecule has 2 aromatic rings. The number of carbonyl (C=O) groups is 2. The molecule has 1 aromatic carbocycles. The highest BCUT2D eigenvalue weighted by Crippen LogP contribution is 2.27. The summed E-state index contributed by atoms with van der Waals surface area (Å²) in [6.45, 7) is 2.00. The Labute approximate surface area is 154 Å². The Bertz CT molecular complexity index is 760. The van der Waals surface area contributed by atoms with Gasteiger partial charge in [0.1, 0.15) is 11.7 Å². The molecule has 2 N–H and O–H groups in total. The molecule has 1 atom stereocenters. The van der Waals surface area contributed by atoms with Crippen LogP contribution in [0.2, 0.25) is 0 Å². The van der Waals surface area contributed by atoms with Crippen molar-refractivity contribution in [3.8, 4) is 0 Å². The van der Waals surface area contributed by atoms with E-state index in [1.807, 2.05) is 31.2 Å². The third-order valence-corrected chi connectivity index (χ3v) is 5.06. The molecule has 1 aromatic heterocycles. The second-order valence-electron chi connectivity index (χ2n) is 7.04. The maximum Gasteiger partial charge on any atom is 0.270 e. The average molecular weight is 354 g/mol. The Balaban J connectivity index is 1.75. The molecule has 6 nitrogen and oxygen atoms in total. The summed E-state index contributed by atoms with van der Waals surface area (Å²) < 4.78 is 1.52. The topological polar surface area (TPSA) is 76.0 Å². The van der Waals surface area contributed by atoms with E-state index in [4.69, 9.17) is 0 Å². The zero-order chi connectivity index (χ0) is 18.5. The number of rotatable bonds is 5. The number of amides is 2. The zero-order valence-corrected chi connectivity index (χ0v) is 15.4. The van der Waals surface area contributed by atoms with Gasteiger partial charge in [0.2, 0.25) is 5.91 Å². The SMILES string of the molecule is Cc1ccc(NC(=O)C(NC(=O)c2ccnn2C)C2CCCCC2)cc1. The lowest BCUT2D eigenvalue weighted by atomic mass is 9.83. The van der Waals surface area contributed by atoms with Gasteiger partial charge in [-0.05, 0) is 43.9 Å². The summed E-state index contributed by atoms with van der Waals surface area (Å²) in [5.74, 6) is -0.262. The van der Waals surface area contributed by atoms with Crippen LogP contribution in [0.5, 0.6) is 0 Å². The van der Waals surface area contributed by atoms with Crippen LogP contribution in [-0.4, -0.2) is 27.6 Å². The van der Waals surface area contributed by atoms with E-state index in [1.165, 1.54) is 11.1 Å². The number of nitrogens with one attached hydrogen (secondary N) is 2. The van der Waals surface area contributed by atoms with Crippen LogP contribution in [0, 0.1) is 12.8 Å². The Hall–Kier alpha value is -2.63. The summed E-state index contributed by atoms with van der Waals surface area (Å²) in [5, 5.41) is 9.94. The van der Waals surface area contributed by atoms with Gasteiger partial charge in [0, 0.05) is 18.9 Å². The first-order chi connectivity index (χ1) is 12.5. The van der Waals surface area contributed by atoms with E-state index in [-0.39, 0.29) is 17.7 Å². The highest BCUT2D eigenvalue weighted by atomic mass is 16.2. The molecule has 1 aliphatic carbocycles. The van der Waals surface area contributed by atoms with E-state index >= 15 is 0 Å². The van der Waals surface area contributed by atoms with Gasteiger partial charge in [0.25, 0.3) is 5.91 Å². The fourth-order valence-corrected chi connectivity index (χ4v) is 3.53. The Kier molecular flexibility index (Phi) is 5.71. The maximum atomic E-state index is 12.9. The van der Waals surface area contributed by atoms with Gasteiger partial charge in [-0.1, -0.05) is 37.0 Å². The fourth-order valence-electron chi connectivity index (χ4n) is 3.53. The molecule has 1 fully saturated rings. The van der Waals surface area contributed by atoms with Gasteiger partial charge in [-0.25, -0.2) is 0 Å². The highest BCUT2D eigenvalue weighted by Gasteiger charge is 2.31. The average Bonchev–Trinajstić information content (AvgIpc) is 3.08. The standard InChI is InChI=1S/C20H26N4O2/c1-14-8-10-16(11-9-14)22-20(26)18(15-6-4-3-5-7-15)23-19(25)17-12-13-21-24(17)2/h8-13,15,18H,3-7H2,1-2H3,(H,22,26)(H,23,25). The number of benzene rings is 1. The Morgan fingerprint density at radius 3 is 2.42 bits per heavy atom. The molecule has 0 aliphatic heterocycles. The minimum atomic E-state index is -0.543. The van der Waals surface area contributed by atoms with Crippen LogP contribution in [0.15, 0.2) is 36.5 Å². The van der Waals surface area contributed by atoms with Crippen LogP contribution >= 0.6 is 0 Å². The van der Waals surface area contributed by atoms with Crippen LogP contribution in [0.3, 0.4) is 0 Å². The van der Waals surface area contributed by atoms with Crippen molar-refractivity contribution in [1.82, 2.24) is 15.1 Å². The predicted molar refractivity (Wildman–Crippen MR) is 101 cm³/mol. The van der Waals surface area contributed by atoms with E-state index in [1.54, 1.807) is 19.3 Å². The first-order valence-electron chi connectivity index (χ1n) is 9.21. The molecule has 26 heavy (non-hydrogen) atoms. The monoisotopic (exact) mass is 354 g/mol.